The second-order valence-electron chi connectivity index (χ2n) is 21.1. The molecule has 0 unspecified atom stereocenters. The average Bonchev–Trinajstić information content (AvgIpc) is 3.28. The Morgan fingerprint density at radius 1 is 0.541 bits per heavy atom. The van der Waals surface area contributed by atoms with Crippen LogP contribution in [-0.2, 0) is 44.9 Å². The largest absolute Gasteiger partial charge is 0.398 e. The van der Waals surface area contributed by atoms with E-state index in [1.807, 2.05) is 55.4 Å². The number of nitrogens with one attached hydrogen (secondary N) is 9. The third-order valence-electron chi connectivity index (χ3n) is 11.7. The number of guanidine groups is 1. The molecule has 0 aromatic heterocycles. The smallest absolute Gasteiger partial charge is 0.243 e. The molecule has 0 aliphatic carbocycles. The quantitative estimate of drug-likeness (QED) is 0.0195. The van der Waals surface area contributed by atoms with Crippen LogP contribution in [-0.4, -0.2) is 114 Å². The minimum Gasteiger partial charge on any atom is -0.398 e. The predicted octanol–water partition coefficient (Wildman–Crippen LogP) is 0.606. The van der Waals surface area contributed by atoms with Crippen molar-refractivity contribution in [2.45, 2.75) is 183 Å². The summed E-state index contributed by atoms with van der Waals surface area (Å²) in [5, 5.41) is 29.9. The molecule has 0 heterocycles. The van der Waals surface area contributed by atoms with Gasteiger partial charge in [0, 0.05) is 31.3 Å². The van der Waals surface area contributed by atoms with E-state index in [1.54, 1.807) is 32.0 Å². The number of amidine groups is 1. The topological polar surface area (TPSA) is 399 Å². The summed E-state index contributed by atoms with van der Waals surface area (Å²) in [7, 11) is 0. The third-order valence-corrected chi connectivity index (χ3v) is 11.7. The standard InChI is InChI=1S/C51H91N15O8/c1-27(2)21-38(60-32(11)67)46(70)63-40(23-29(5)6)48(72)65-41(24-30(7)8)49(73)64-39(22-28(3)4)47(71)61-37(16-14-20-58-51(56)57)45(69)66-42(31(9)10)50(74)62-36(15-12-13-19-52)44(68)59-26-33-17-18-34(43(54)55)35(53)25-33/h17-18,25,27-31,36-42H,12-16,19-24,26,52-53H2,1-11H3,(H3,54,55)(H,59,68)(H,60,67)(H,61,71)(H,62,74)(H,63,70)(H,64,73)(H,65,72)(H,66,69)(H4,56,57,58)/t36-,37-,38+,39-,40-,41-,42-/m0/s1. The summed E-state index contributed by atoms with van der Waals surface area (Å²) in [5.41, 5.74) is 29.7. The molecule has 0 fully saturated rings. The van der Waals surface area contributed by atoms with E-state index < -0.39 is 95.5 Å². The number of carbonyl (C=O) groups is 8. The van der Waals surface area contributed by atoms with Gasteiger partial charge in [0.25, 0.3) is 0 Å². The lowest BCUT2D eigenvalue weighted by Gasteiger charge is -2.30. The van der Waals surface area contributed by atoms with Gasteiger partial charge in [-0.05, 0) is 112 Å². The van der Waals surface area contributed by atoms with E-state index in [-0.39, 0.29) is 92.8 Å². The Morgan fingerprint density at radius 3 is 1.34 bits per heavy atom. The highest BCUT2D eigenvalue weighted by atomic mass is 16.2. The summed E-state index contributed by atoms with van der Waals surface area (Å²) in [6.07, 6.45) is 2.44. The Kier molecular flexibility index (Phi) is 29.5. The summed E-state index contributed by atoms with van der Waals surface area (Å²) >= 11 is 0. The van der Waals surface area contributed by atoms with Crippen LogP contribution < -0.4 is 71.2 Å². The summed E-state index contributed by atoms with van der Waals surface area (Å²) in [6.45, 7) is 20.3. The molecule has 0 bridgehead atoms. The summed E-state index contributed by atoms with van der Waals surface area (Å²) < 4.78 is 0. The van der Waals surface area contributed by atoms with Crippen molar-refractivity contribution < 1.29 is 38.4 Å². The average molecular weight is 1040 g/mol. The van der Waals surface area contributed by atoms with Crippen molar-refractivity contribution in [3.63, 3.8) is 0 Å². The molecule has 7 atom stereocenters. The Hall–Kier alpha value is -6.52. The molecule has 418 valence electrons. The van der Waals surface area contributed by atoms with Gasteiger partial charge < -0.3 is 71.2 Å². The van der Waals surface area contributed by atoms with Crippen LogP contribution in [0.1, 0.15) is 145 Å². The fourth-order valence-electron chi connectivity index (χ4n) is 8.01. The molecule has 1 aromatic carbocycles. The predicted molar refractivity (Wildman–Crippen MR) is 288 cm³/mol. The Morgan fingerprint density at radius 2 is 0.946 bits per heavy atom. The van der Waals surface area contributed by atoms with Crippen molar-refractivity contribution in [2.24, 2.45) is 57.5 Å². The van der Waals surface area contributed by atoms with Crippen LogP contribution in [0.15, 0.2) is 23.2 Å². The van der Waals surface area contributed by atoms with Gasteiger partial charge in [-0.15, -0.1) is 0 Å². The maximum atomic E-state index is 14.3. The van der Waals surface area contributed by atoms with Gasteiger partial charge in [0.2, 0.25) is 47.3 Å². The molecule has 0 radical (unpaired) electrons. The number of hydrogen-bond acceptors (Lipinski definition) is 12. The van der Waals surface area contributed by atoms with Crippen molar-refractivity contribution in [3.05, 3.63) is 29.3 Å². The van der Waals surface area contributed by atoms with Gasteiger partial charge in [-0.25, -0.2) is 0 Å². The molecule has 19 N–H and O–H groups in total. The van der Waals surface area contributed by atoms with E-state index in [9.17, 15) is 38.4 Å². The minimum absolute atomic E-state index is 0.0140. The molecule has 0 aliphatic heterocycles. The van der Waals surface area contributed by atoms with Crippen molar-refractivity contribution in [1.29, 1.82) is 5.41 Å². The number of amides is 8. The van der Waals surface area contributed by atoms with Gasteiger partial charge >= 0.3 is 0 Å². The first-order valence-corrected chi connectivity index (χ1v) is 25.9. The zero-order chi connectivity index (χ0) is 56.4. The number of nitrogens with two attached hydrogens (primary N) is 5. The number of nitrogens with zero attached hydrogens (tertiary/aromatic N) is 1. The molecule has 0 saturated heterocycles. The number of rotatable bonds is 34. The number of anilines is 1. The van der Waals surface area contributed by atoms with Gasteiger partial charge in [-0.1, -0.05) is 75.3 Å². The summed E-state index contributed by atoms with van der Waals surface area (Å²) in [6, 6.07) is -2.87. The summed E-state index contributed by atoms with van der Waals surface area (Å²) in [4.78, 5) is 114. The van der Waals surface area contributed by atoms with E-state index in [4.69, 9.17) is 34.1 Å². The molecule has 74 heavy (non-hydrogen) atoms. The lowest BCUT2D eigenvalue weighted by atomic mass is 9.97. The van der Waals surface area contributed by atoms with Gasteiger partial charge in [-0.2, -0.15) is 0 Å². The van der Waals surface area contributed by atoms with Crippen molar-refractivity contribution in [2.75, 3.05) is 18.8 Å². The molecular formula is C51H91N15O8. The number of aliphatic imine (C=N–C) groups is 1. The van der Waals surface area contributed by atoms with E-state index in [0.29, 0.717) is 36.9 Å². The molecule has 1 aromatic rings. The maximum Gasteiger partial charge on any atom is 0.243 e. The molecule has 8 amide bonds. The normalized spacial score (nSPS) is 14.2. The maximum absolute atomic E-state index is 14.3. The van der Waals surface area contributed by atoms with E-state index >= 15 is 0 Å². The molecule has 0 spiro atoms. The van der Waals surface area contributed by atoms with Crippen LogP contribution in [0.5, 0.6) is 0 Å². The van der Waals surface area contributed by atoms with Crippen LogP contribution in [0.4, 0.5) is 5.69 Å². The molecule has 23 heteroatoms. The monoisotopic (exact) mass is 1040 g/mol. The van der Waals surface area contributed by atoms with E-state index in [0.717, 1.165) is 0 Å². The lowest BCUT2D eigenvalue weighted by molar-refractivity contribution is -0.136. The highest BCUT2D eigenvalue weighted by Gasteiger charge is 2.35. The van der Waals surface area contributed by atoms with E-state index in [2.05, 4.69) is 47.5 Å². The Bertz CT molecular complexity index is 2060. The second-order valence-corrected chi connectivity index (χ2v) is 21.1. The number of hydrogen-bond donors (Lipinski definition) is 14. The highest BCUT2D eigenvalue weighted by Crippen LogP contribution is 2.16. The number of nitrogen functional groups attached to an aromatic ring is 2. The number of benzene rings is 1. The second kappa shape index (κ2) is 33.3. The van der Waals surface area contributed by atoms with Crippen molar-refractivity contribution in [1.82, 2.24) is 42.5 Å². The number of unbranched alkanes of at least 4 members (excludes halogenated alkanes) is 1. The first kappa shape index (κ1) is 65.5. The van der Waals surface area contributed by atoms with Crippen LogP contribution >= 0.6 is 0 Å². The Balaban J connectivity index is 3.48. The van der Waals surface area contributed by atoms with Gasteiger partial charge in [-0.3, -0.25) is 48.8 Å². The Labute approximate surface area is 438 Å². The molecular weight excluding hydrogens is 951 g/mol. The highest BCUT2D eigenvalue weighted by molar-refractivity contribution is 6.00. The van der Waals surface area contributed by atoms with Crippen LogP contribution in [0.25, 0.3) is 0 Å². The van der Waals surface area contributed by atoms with Crippen molar-refractivity contribution >= 4 is 64.7 Å². The van der Waals surface area contributed by atoms with Crippen LogP contribution in [0.3, 0.4) is 0 Å². The number of carbonyl (C=O) groups excluding carboxylic acids is 8. The lowest BCUT2D eigenvalue weighted by Crippen LogP contribution is -2.61. The van der Waals surface area contributed by atoms with Gasteiger partial charge in [0.1, 0.15) is 48.1 Å². The van der Waals surface area contributed by atoms with Gasteiger partial charge in [0.15, 0.2) is 5.96 Å². The fourth-order valence-corrected chi connectivity index (χ4v) is 8.01. The first-order valence-electron chi connectivity index (χ1n) is 25.9. The molecule has 0 saturated carbocycles. The fraction of sp³-hybridized carbons (Fsp3) is 0.686. The third kappa shape index (κ3) is 25.4. The SMILES string of the molecule is CC(=O)N[C@H](CC(C)C)C(=O)N[C@@H](CC(C)C)C(=O)N[C@@H](CC(C)C)C(=O)N[C@@H](CC(C)C)C(=O)N[C@@H](CCCN=C(N)N)C(=O)N[C@H](C(=O)N[C@@H](CCCCN)C(=O)NCc1ccc(C(=N)N)c(N)c1)C(C)C. The molecule has 23 nitrogen and oxygen atoms in total. The first-order chi connectivity index (χ1) is 34.6. The molecule has 0 aliphatic rings. The van der Waals surface area contributed by atoms with Gasteiger partial charge in [0.05, 0.1) is 0 Å². The van der Waals surface area contributed by atoms with Crippen molar-refractivity contribution in [3.8, 4) is 0 Å². The zero-order valence-electron chi connectivity index (χ0n) is 45.7. The van der Waals surface area contributed by atoms with Crippen LogP contribution in [0.2, 0.25) is 0 Å². The molecule has 1 rings (SSSR count). The minimum atomic E-state index is -1.26. The van der Waals surface area contributed by atoms with E-state index in [1.165, 1.54) is 6.92 Å². The van der Waals surface area contributed by atoms with Crippen LogP contribution in [0, 0.1) is 35.0 Å². The zero-order valence-corrected chi connectivity index (χ0v) is 45.7. The summed E-state index contributed by atoms with van der Waals surface area (Å²) in [5.74, 6) is -5.89.